The molecule has 0 aliphatic heterocycles. The second kappa shape index (κ2) is 6.97. The number of nitrogens with one attached hydrogen (secondary N) is 1. The highest BCUT2D eigenvalue weighted by molar-refractivity contribution is 5.51. The van der Waals surface area contributed by atoms with Gasteiger partial charge in [0.05, 0.1) is 13.7 Å². The smallest absolute Gasteiger partial charge is 0.161 e. The van der Waals surface area contributed by atoms with Gasteiger partial charge in [-0.25, -0.2) is 4.39 Å². The Morgan fingerprint density at radius 3 is 2.62 bits per heavy atom. The summed E-state index contributed by atoms with van der Waals surface area (Å²) in [5, 5.41) is 3.24. The van der Waals surface area contributed by atoms with Crippen molar-refractivity contribution in [3.63, 3.8) is 0 Å². The van der Waals surface area contributed by atoms with E-state index in [-0.39, 0.29) is 5.82 Å². The molecule has 4 heteroatoms. The summed E-state index contributed by atoms with van der Waals surface area (Å²) in [7, 11) is 1.62. The molecule has 0 heterocycles. The van der Waals surface area contributed by atoms with Gasteiger partial charge in [-0.1, -0.05) is 12.1 Å². The van der Waals surface area contributed by atoms with Gasteiger partial charge in [-0.05, 0) is 49.2 Å². The molecule has 0 saturated heterocycles. The van der Waals surface area contributed by atoms with Crippen LogP contribution >= 0.6 is 0 Å². The maximum absolute atomic E-state index is 13.3. The Morgan fingerprint density at radius 2 is 1.90 bits per heavy atom. The highest BCUT2D eigenvalue weighted by Gasteiger charge is 2.06. The van der Waals surface area contributed by atoms with Crippen molar-refractivity contribution >= 4 is 5.69 Å². The molecule has 2 aromatic rings. The normalized spacial score (nSPS) is 10.3. The quantitative estimate of drug-likeness (QED) is 0.866. The van der Waals surface area contributed by atoms with Crippen LogP contribution in [0.1, 0.15) is 18.1 Å². The Morgan fingerprint density at radius 1 is 1.10 bits per heavy atom. The third-order valence-electron chi connectivity index (χ3n) is 3.21. The number of benzene rings is 2. The first-order valence-electron chi connectivity index (χ1n) is 6.93. The van der Waals surface area contributed by atoms with E-state index in [0.29, 0.717) is 18.9 Å². The van der Waals surface area contributed by atoms with E-state index in [9.17, 15) is 4.39 Å². The summed E-state index contributed by atoms with van der Waals surface area (Å²) in [5.74, 6) is 1.19. The average molecular weight is 289 g/mol. The Balaban J connectivity index is 2.12. The molecule has 0 aliphatic carbocycles. The summed E-state index contributed by atoms with van der Waals surface area (Å²) >= 11 is 0. The minimum atomic E-state index is -0.243. The van der Waals surface area contributed by atoms with Crippen LogP contribution in [0.4, 0.5) is 10.1 Å². The van der Waals surface area contributed by atoms with Crippen LogP contribution < -0.4 is 14.8 Å². The van der Waals surface area contributed by atoms with Crippen LogP contribution in [-0.2, 0) is 6.54 Å². The van der Waals surface area contributed by atoms with Gasteiger partial charge in [-0.2, -0.15) is 0 Å². The maximum atomic E-state index is 13.3. The number of aryl methyl sites for hydroxylation is 1. The van der Waals surface area contributed by atoms with Crippen LogP contribution in [0.5, 0.6) is 11.5 Å². The Bertz CT molecular complexity index is 614. The van der Waals surface area contributed by atoms with E-state index in [1.54, 1.807) is 13.2 Å². The molecule has 0 amide bonds. The molecule has 0 atom stereocenters. The molecule has 0 aliphatic rings. The van der Waals surface area contributed by atoms with Crippen LogP contribution in [0.25, 0.3) is 0 Å². The van der Waals surface area contributed by atoms with Gasteiger partial charge in [0.2, 0.25) is 0 Å². The van der Waals surface area contributed by atoms with Crippen molar-refractivity contribution in [1.82, 2.24) is 0 Å². The molecule has 0 saturated carbocycles. The molecular formula is C17H20FNO2. The summed E-state index contributed by atoms with van der Waals surface area (Å²) in [4.78, 5) is 0. The lowest BCUT2D eigenvalue weighted by molar-refractivity contribution is 0.310. The second-order valence-corrected chi connectivity index (χ2v) is 4.73. The van der Waals surface area contributed by atoms with E-state index >= 15 is 0 Å². The Labute approximate surface area is 124 Å². The van der Waals surface area contributed by atoms with Gasteiger partial charge in [0.25, 0.3) is 0 Å². The number of halogens is 1. The predicted octanol–water partition coefficient (Wildman–Crippen LogP) is 4.15. The first-order chi connectivity index (χ1) is 10.1. The van der Waals surface area contributed by atoms with Crippen LogP contribution in [0.15, 0.2) is 36.4 Å². The van der Waals surface area contributed by atoms with Crippen molar-refractivity contribution in [2.24, 2.45) is 0 Å². The molecular weight excluding hydrogens is 269 g/mol. The van der Waals surface area contributed by atoms with Crippen LogP contribution in [0.2, 0.25) is 0 Å². The lowest BCUT2D eigenvalue weighted by Crippen LogP contribution is -2.03. The summed E-state index contributed by atoms with van der Waals surface area (Å²) in [5.41, 5.74) is 2.85. The zero-order chi connectivity index (χ0) is 15.2. The fraction of sp³-hybridized carbons (Fsp3) is 0.294. The first-order valence-corrected chi connectivity index (χ1v) is 6.93. The van der Waals surface area contributed by atoms with Gasteiger partial charge in [-0.15, -0.1) is 0 Å². The molecule has 1 N–H and O–H groups in total. The number of anilines is 1. The highest BCUT2D eigenvalue weighted by Crippen LogP contribution is 2.28. The molecule has 2 aromatic carbocycles. The van der Waals surface area contributed by atoms with Gasteiger partial charge >= 0.3 is 0 Å². The maximum Gasteiger partial charge on any atom is 0.161 e. The topological polar surface area (TPSA) is 30.5 Å². The SMILES string of the molecule is CCOc1cc(CNc2cc(F)ccc2C)ccc1OC. The monoisotopic (exact) mass is 289 g/mol. The fourth-order valence-corrected chi connectivity index (χ4v) is 2.08. The number of hydrogen-bond donors (Lipinski definition) is 1. The van der Waals surface area contributed by atoms with Crippen LogP contribution in [0, 0.1) is 12.7 Å². The largest absolute Gasteiger partial charge is 0.493 e. The van der Waals surface area contributed by atoms with Gasteiger partial charge in [0.15, 0.2) is 11.5 Å². The third kappa shape index (κ3) is 3.88. The Hall–Kier alpha value is -2.23. The molecule has 0 bridgehead atoms. The minimum absolute atomic E-state index is 0.243. The van der Waals surface area contributed by atoms with Crippen molar-refractivity contribution in [2.75, 3.05) is 19.0 Å². The average Bonchev–Trinajstić information content (AvgIpc) is 2.49. The van der Waals surface area contributed by atoms with Gasteiger partial charge in [0.1, 0.15) is 5.82 Å². The van der Waals surface area contributed by atoms with E-state index in [4.69, 9.17) is 9.47 Å². The van der Waals surface area contributed by atoms with E-state index in [0.717, 1.165) is 22.6 Å². The van der Waals surface area contributed by atoms with Crippen molar-refractivity contribution < 1.29 is 13.9 Å². The standard InChI is InChI=1S/C17H20FNO2/c1-4-21-17-9-13(6-8-16(17)20-3)11-19-15-10-14(18)7-5-12(15)2/h5-10,19H,4,11H2,1-3H3. The first kappa shape index (κ1) is 15.2. The van der Waals surface area contributed by atoms with Crippen LogP contribution in [-0.4, -0.2) is 13.7 Å². The Kier molecular flexibility index (Phi) is 5.04. The molecule has 2 rings (SSSR count). The molecule has 112 valence electrons. The molecule has 0 spiro atoms. The van der Waals surface area contributed by atoms with Crippen LogP contribution in [0.3, 0.4) is 0 Å². The van der Waals surface area contributed by atoms with Gasteiger partial charge < -0.3 is 14.8 Å². The molecule has 0 fully saturated rings. The zero-order valence-electron chi connectivity index (χ0n) is 12.6. The highest BCUT2D eigenvalue weighted by atomic mass is 19.1. The lowest BCUT2D eigenvalue weighted by atomic mass is 10.1. The number of ether oxygens (including phenoxy) is 2. The van der Waals surface area contributed by atoms with E-state index in [2.05, 4.69) is 5.32 Å². The molecule has 0 aromatic heterocycles. The van der Waals surface area contributed by atoms with Gasteiger partial charge in [-0.3, -0.25) is 0 Å². The number of methoxy groups -OCH3 is 1. The van der Waals surface area contributed by atoms with Crippen molar-refractivity contribution in [2.45, 2.75) is 20.4 Å². The third-order valence-corrected chi connectivity index (χ3v) is 3.21. The van der Waals surface area contributed by atoms with E-state index in [1.165, 1.54) is 12.1 Å². The fourth-order valence-electron chi connectivity index (χ4n) is 2.08. The summed E-state index contributed by atoms with van der Waals surface area (Å²) < 4.78 is 24.1. The van der Waals surface area contributed by atoms with Crippen molar-refractivity contribution in [1.29, 1.82) is 0 Å². The van der Waals surface area contributed by atoms with E-state index in [1.807, 2.05) is 32.0 Å². The summed E-state index contributed by atoms with van der Waals surface area (Å²) in [6, 6.07) is 10.5. The number of hydrogen-bond acceptors (Lipinski definition) is 3. The van der Waals surface area contributed by atoms with E-state index < -0.39 is 0 Å². The molecule has 0 unspecified atom stereocenters. The van der Waals surface area contributed by atoms with Crippen molar-refractivity contribution in [3.8, 4) is 11.5 Å². The molecule has 3 nitrogen and oxygen atoms in total. The minimum Gasteiger partial charge on any atom is -0.493 e. The molecule has 21 heavy (non-hydrogen) atoms. The zero-order valence-corrected chi connectivity index (χ0v) is 12.6. The lowest BCUT2D eigenvalue weighted by Gasteiger charge is -2.13. The van der Waals surface area contributed by atoms with Gasteiger partial charge in [0, 0.05) is 12.2 Å². The second-order valence-electron chi connectivity index (χ2n) is 4.73. The number of rotatable bonds is 6. The molecule has 0 radical (unpaired) electrons. The predicted molar refractivity (Wildman–Crippen MR) is 82.6 cm³/mol. The summed E-state index contributed by atoms with van der Waals surface area (Å²) in [6.45, 7) is 5.05. The van der Waals surface area contributed by atoms with Crippen molar-refractivity contribution in [3.05, 3.63) is 53.3 Å². The summed E-state index contributed by atoms with van der Waals surface area (Å²) in [6.07, 6.45) is 0.